The van der Waals surface area contributed by atoms with Crippen molar-refractivity contribution in [2.45, 2.75) is 51.6 Å². The Balaban J connectivity index is 1.80. The molecule has 1 aliphatic carbocycles. The molecule has 6 heteroatoms. The van der Waals surface area contributed by atoms with Crippen molar-refractivity contribution in [3.05, 3.63) is 46.4 Å². The van der Waals surface area contributed by atoms with E-state index in [-0.39, 0.29) is 12.5 Å². The van der Waals surface area contributed by atoms with E-state index in [9.17, 15) is 9.90 Å². The fourth-order valence-corrected chi connectivity index (χ4v) is 4.58. The van der Waals surface area contributed by atoms with E-state index in [1.807, 2.05) is 43.3 Å². The molecule has 1 heterocycles. The van der Waals surface area contributed by atoms with Gasteiger partial charge in [0.1, 0.15) is 11.5 Å². The highest BCUT2D eigenvalue weighted by molar-refractivity contribution is 9.10. The molecule has 2 N–H and O–H groups in total. The molecule has 0 spiro atoms. The summed E-state index contributed by atoms with van der Waals surface area (Å²) in [6.45, 7) is 2.46. The second-order valence-corrected chi connectivity index (χ2v) is 8.62. The van der Waals surface area contributed by atoms with Gasteiger partial charge in [-0.1, -0.05) is 22.4 Å². The van der Waals surface area contributed by atoms with Gasteiger partial charge in [0, 0.05) is 20.9 Å². The Morgan fingerprint density at radius 2 is 1.97 bits per heavy atom. The first-order valence-electron chi connectivity index (χ1n) is 10.5. The predicted octanol–water partition coefficient (Wildman–Crippen LogP) is 6.33. The summed E-state index contributed by atoms with van der Waals surface area (Å²) in [5, 5.41) is 10.5. The molecule has 1 aromatic heterocycles. The lowest BCUT2D eigenvalue weighted by Crippen LogP contribution is -2.19. The number of rotatable bonds is 7. The van der Waals surface area contributed by atoms with E-state index in [1.54, 1.807) is 0 Å². The minimum absolute atomic E-state index is 0.0830. The minimum Gasteiger partial charge on any atom is -0.493 e. The molecule has 0 unspecified atom stereocenters. The number of fused-ring (bicyclic) bond motifs is 1. The van der Waals surface area contributed by atoms with Crippen LogP contribution in [-0.2, 0) is 11.2 Å². The highest BCUT2D eigenvalue weighted by Gasteiger charge is 2.21. The van der Waals surface area contributed by atoms with Crippen molar-refractivity contribution in [1.82, 2.24) is 4.98 Å². The molecule has 0 amide bonds. The minimum atomic E-state index is -0.872. The number of hydrogen-bond donors (Lipinski definition) is 2. The van der Waals surface area contributed by atoms with Crippen LogP contribution in [0.25, 0.3) is 22.2 Å². The molecule has 3 aromatic rings. The summed E-state index contributed by atoms with van der Waals surface area (Å²) in [4.78, 5) is 15.1. The number of carboxylic acid groups (broad SMARTS) is 1. The average Bonchev–Trinajstić information content (AvgIpc) is 3.07. The van der Waals surface area contributed by atoms with E-state index in [1.165, 1.54) is 19.3 Å². The third kappa shape index (κ3) is 4.48. The molecule has 0 bridgehead atoms. The maximum atomic E-state index is 11.7. The quantitative estimate of drug-likeness (QED) is 0.421. The van der Waals surface area contributed by atoms with Crippen LogP contribution >= 0.6 is 15.9 Å². The van der Waals surface area contributed by atoms with Gasteiger partial charge in [-0.25, -0.2) is 0 Å². The van der Waals surface area contributed by atoms with Crippen molar-refractivity contribution in [3.63, 3.8) is 0 Å². The average molecular weight is 472 g/mol. The maximum Gasteiger partial charge on any atom is 0.307 e. The maximum absolute atomic E-state index is 11.7. The third-order valence-electron chi connectivity index (χ3n) is 5.57. The lowest BCUT2D eigenvalue weighted by atomic mass is 9.97. The van der Waals surface area contributed by atoms with Crippen LogP contribution in [-0.4, -0.2) is 28.8 Å². The highest BCUT2D eigenvalue weighted by Crippen LogP contribution is 2.39. The molecule has 1 saturated carbocycles. The van der Waals surface area contributed by atoms with Crippen LogP contribution in [0.3, 0.4) is 0 Å². The summed E-state index contributed by atoms with van der Waals surface area (Å²) in [6, 6.07) is 11.7. The molecular formula is C24H26BrNO4. The Labute approximate surface area is 184 Å². The molecule has 1 aliphatic rings. The molecule has 4 rings (SSSR count). The number of halogens is 1. The second-order valence-electron chi connectivity index (χ2n) is 7.71. The summed E-state index contributed by atoms with van der Waals surface area (Å²) in [6.07, 6.45) is 6.00. The standard InChI is InChI=1S/C24H26BrNO4/c1-2-29-22-11-8-15(25)12-20(22)24-19(14-23(27)28)18-13-17(9-10-21(18)26-24)30-16-6-4-3-5-7-16/h8-13,16,26H,2-7,14H2,1H3,(H,27,28). The number of aromatic nitrogens is 1. The molecule has 2 aromatic carbocycles. The Bertz CT molecular complexity index is 1050. The summed E-state index contributed by atoms with van der Waals surface area (Å²) in [7, 11) is 0. The number of carbonyl (C=O) groups is 1. The van der Waals surface area contributed by atoms with E-state index < -0.39 is 5.97 Å². The zero-order valence-corrected chi connectivity index (χ0v) is 18.6. The van der Waals surface area contributed by atoms with Gasteiger partial charge in [-0.3, -0.25) is 4.79 Å². The fourth-order valence-electron chi connectivity index (χ4n) is 4.22. The van der Waals surface area contributed by atoms with Crippen LogP contribution in [0.4, 0.5) is 0 Å². The van der Waals surface area contributed by atoms with Crippen molar-refractivity contribution in [2.24, 2.45) is 0 Å². The van der Waals surface area contributed by atoms with E-state index in [2.05, 4.69) is 20.9 Å². The normalized spacial score (nSPS) is 14.7. The number of carboxylic acids is 1. The molecule has 0 radical (unpaired) electrons. The molecular weight excluding hydrogens is 446 g/mol. The predicted molar refractivity (Wildman–Crippen MR) is 121 cm³/mol. The van der Waals surface area contributed by atoms with Crippen molar-refractivity contribution in [1.29, 1.82) is 0 Å². The molecule has 0 atom stereocenters. The number of aliphatic carboxylic acids is 1. The third-order valence-corrected chi connectivity index (χ3v) is 6.06. The SMILES string of the molecule is CCOc1ccc(Br)cc1-c1[nH]c2ccc(OC3CCCCC3)cc2c1CC(=O)O. The van der Waals surface area contributed by atoms with Crippen LogP contribution in [0.15, 0.2) is 40.9 Å². The van der Waals surface area contributed by atoms with Gasteiger partial charge in [-0.15, -0.1) is 0 Å². The summed E-state index contributed by atoms with van der Waals surface area (Å²) in [5.74, 6) is 0.646. The molecule has 30 heavy (non-hydrogen) atoms. The first-order chi connectivity index (χ1) is 14.5. The highest BCUT2D eigenvalue weighted by atomic mass is 79.9. The Hall–Kier alpha value is -2.47. The van der Waals surface area contributed by atoms with Gasteiger partial charge in [-0.05, 0) is 74.6 Å². The number of benzene rings is 2. The van der Waals surface area contributed by atoms with Crippen molar-refractivity contribution in [2.75, 3.05) is 6.61 Å². The summed E-state index contributed by atoms with van der Waals surface area (Å²) >= 11 is 3.53. The first-order valence-corrected chi connectivity index (χ1v) is 11.3. The van der Waals surface area contributed by atoms with Gasteiger partial charge in [0.15, 0.2) is 0 Å². The van der Waals surface area contributed by atoms with E-state index >= 15 is 0 Å². The number of ether oxygens (including phenoxy) is 2. The van der Waals surface area contributed by atoms with Gasteiger partial charge in [0.05, 0.1) is 24.8 Å². The van der Waals surface area contributed by atoms with Gasteiger partial charge < -0.3 is 19.6 Å². The summed E-state index contributed by atoms with van der Waals surface area (Å²) < 4.78 is 12.9. The van der Waals surface area contributed by atoms with Crippen molar-refractivity contribution < 1.29 is 19.4 Å². The Kier molecular flexibility index (Phi) is 6.32. The Morgan fingerprint density at radius 1 is 1.17 bits per heavy atom. The molecule has 1 fully saturated rings. The van der Waals surface area contributed by atoms with Crippen LogP contribution in [0.1, 0.15) is 44.6 Å². The van der Waals surface area contributed by atoms with Gasteiger partial charge in [-0.2, -0.15) is 0 Å². The molecule has 0 aliphatic heterocycles. The zero-order chi connectivity index (χ0) is 21.1. The smallest absolute Gasteiger partial charge is 0.307 e. The van der Waals surface area contributed by atoms with E-state index in [0.29, 0.717) is 6.61 Å². The number of aromatic amines is 1. The molecule has 0 saturated heterocycles. The van der Waals surface area contributed by atoms with E-state index in [4.69, 9.17) is 9.47 Å². The van der Waals surface area contributed by atoms with Gasteiger partial charge in [0.2, 0.25) is 0 Å². The second kappa shape index (κ2) is 9.13. The molecule has 158 valence electrons. The lowest BCUT2D eigenvalue weighted by Gasteiger charge is -2.23. The van der Waals surface area contributed by atoms with Crippen LogP contribution in [0.5, 0.6) is 11.5 Å². The first kappa shape index (κ1) is 20.8. The number of hydrogen-bond acceptors (Lipinski definition) is 3. The Morgan fingerprint density at radius 3 is 2.70 bits per heavy atom. The van der Waals surface area contributed by atoms with Crippen LogP contribution in [0, 0.1) is 0 Å². The van der Waals surface area contributed by atoms with Crippen LogP contribution in [0.2, 0.25) is 0 Å². The topological polar surface area (TPSA) is 71.5 Å². The monoisotopic (exact) mass is 471 g/mol. The van der Waals surface area contributed by atoms with Crippen molar-refractivity contribution in [3.8, 4) is 22.8 Å². The molecule has 5 nitrogen and oxygen atoms in total. The lowest BCUT2D eigenvalue weighted by molar-refractivity contribution is -0.136. The largest absolute Gasteiger partial charge is 0.493 e. The number of H-pyrrole nitrogens is 1. The summed E-state index contributed by atoms with van der Waals surface area (Å²) in [5.41, 5.74) is 3.24. The van der Waals surface area contributed by atoms with E-state index in [0.717, 1.165) is 56.5 Å². The van der Waals surface area contributed by atoms with Crippen molar-refractivity contribution >= 4 is 32.8 Å². The van der Waals surface area contributed by atoms with Gasteiger partial charge >= 0.3 is 5.97 Å². The fraction of sp³-hybridized carbons (Fsp3) is 0.375. The zero-order valence-electron chi connectivity index (χ0n) is 17.0. The van der Waals surface area contributed by atoms with Crippen LogP contribution < -0.4 is 9.47 Å². The van der Waals surface area contributed by atoms with Gasteiger partial charge in [0.25, 0.3) is 0 Å². The number of nitrogens with one attached hydrogen (secondary N) is 1.